The first-order valence-corrected chi connectivity index (χ1v) is 9.10. The maximum absolute atomic E-state index is 11.6. The highest BCUT2D eigenvalue weighted by Crippen LogP contribution is 2.29. The monoisotopic (exact) mass is 408 g/mol. The standard InChI is InChI=1S/C18H25BrN4O2/c1-18(2,3)25-17(24)22-9-5-4-8-21-16-13-7-6-12(19)10-15(13)23-11-14(16)20/h6-7,10-11H,4-5,8-9,20H2,1-3H3,(H,21,23)(H,22,24). The van der Waals surface area contributed by atoms with Crippen LogP contribution in [0.3, 0.4) is 0 Å². The number of halogens is 1. The fraction of sp³-hybridized carbons (Fsp3) is 0.444. The fourth-order valence-electron chi connectivity index (χ4n) is 2.35. The number of fused-ring (bicyclic) bond motifs is 1. The molecule has 0 atom stereocenters. The van der Waals surface area contributed by atoms with Gasteiger partial charge in [0.05, 0.1) is 23.1 Å². The van der Waals surface area contributed by atoms with Crippen LogP contribution >= 0.6 is 15.9 Å². The van der Waals surface area contributed by atoms with Crippen LogP contribution in [0.1, 0.15) is 33.6 Å². The molecule has 0 fully saturated rings. The second kappa shape index (κ2) is 8.38. The highest BCUT2D eigenvalue weighted by atomic mass is 79.9. The zero-order valence-corrected chi connectivity index (χ0v) is 16.4. The molecule has 1 amide bonds. The van der Waals surface area contributed by atoms with Crippen LogP contribution in [0.2, 0.25) is 0 Å². The van der Waals surface area contributed by atoms with Crippen LogP contribution in [0, 0.1) is 0 Å². The second-order valence-corrected chi connectivity index (χ2v) is 7.73. The van der Waals surface area contributed by atoms with Gasteiger partial charge in [-0.3, -0.25) is 4.98 Å². The molecule has 7 heteroatoms. The number of carbonyl (C=O) groups is 1. The molecule has 1 aromatic heterocycles. The molecule has 0 spiro atoms. The zero-order chi connectivity index (χ0) is 18.4. The molecule has 0 unspecified atom stereocenters. The molecule has 0 aliphatic carbocycles. The van der Waals surface area contributed by atoms with E-state index in [9.17, 15) is 4.79 Å². The highest BCUT2D eigenvalue weighted by molar-refractivity contribution is 9.10. The predicted octanol–water partition coefficient (Wildman–Crippen LogP) is 4.30. The molecule has 2 rings (SSSR count). The minimum atomic E-state index is -0.472. The SMILES string of the molecule is CC(C)(C)OC(=O)NCCCCNc1c(N)cnc2cc(Br)ccc12. The lowest BCUT2D eigenvalue weighted by Crippen LogP contribution is -2.33. The summed E-state index contributed by atoms with van der Waals surface area (Å²) in [7, 11) is 0. The lowest BCUT2D eigenvalue weighted by atomic mass is 10.1. The zero-order valence-electron chi connectivity index (χ0n) is 14.9. The number of alkyl carbamates (subject to hydrolysis) is 1. The van der Waals surface area contributed by atoms with Gasteiger partial charge in [0.1, 0.15) is 5.60 Å². The molecule has 0 aliphatic rings. The van der Waals surface area contributed by atoms with Gasteiger partial charge in [-0.05, 0) is 51.8 Å². The van der Waals surface area contributed by atoms with Crippen molar-refractivity contribution in [2.75, 3.05) is 24.1 Å². The van der Waals surface area contributed by atoms with E-state index >= 15 is 0 Å². The van der Waals surface area contributed by atoms with Gasteiger partial charge < -0.3 is 21.1 Å². The van der Waals surface area contributed by atoms with Gasteiger partial charge in [0, 0.05) is 22.9 Å². The third-order valence-electron chi connectivity index (χ3n) is 3.43. The van der Waals surface area contributed by atoms with Gasteiger partial charge in [0.25, 0.3) is 0 Å². The molecule has 0 saturated carbocycles. The molecule has 25 heavy (non-hydrogen) atoms. The van der Waals surface area contributed by atoms with Crippen molar-refractivity contribution in [2.24, 2.45) is 0 Å². The Morgan fingerprint density at radius 3 is 2.72 bits per heavy atom. The van der Waals surface area contributed by atoms with E-state index in [0.717, 1.165) is 40.4 Å². The average Bonchev–Trinajstić information content (AvgIpc) is 2.50. The number of hydrogen-bond acceptors (Lipinski definition) is 5. The van der Waals surface area contributed by atoms with Crippen LogP contribution in [0.4, 0.5) is 16.2 Å². The maximum atomic E-state index is 11.6. The number of unbranched alkanes of at least 4 members (excludes halogenated alkanes) is 1. The number of amides is 1. The molecule has 0 aliphatic heterocycles. The number of hydrogen-bond donors (Lipinski definition) is 3. The Kier molecular flexibility index (Phi) is 6.47. The summed E-state index contributed by atoms with van der Waals surface area (Å²) in [6.07, 6.45) is 3.03. The molecule has 6 nitrogen and oxygen atoms in total. The third-order valence-corrected chi connectivity index (χ3v) is 3.93. The van der Waals surface area contributed by atoms with Crippen molar-refractivity contribution in [3.63, 3.8) is 0 Å². The second-order valence-electron chi connectivity index (χ2n) is 6.81. The third kappa shape index (κ3) is 6.08. The Labute approximate surface area is 156 Å². The van der Waals surface area contributed by atoms with Crippen LogP contribution in [-0.4, -0.2) is 29.8 Å². The Morgan fingerprint density at radius 2 is 2.00 bits per heavy atom. The van der Waals surface area contributed by atoms with Crippen LogP contribution in [-0.2, 0) is 4.74 Å². The van der Waals surface area contributed by atoms with Gasteiger partial charge in [0.2, 0.25) is 0 Å². The molecule has 4 N–H and O–H groups in total. The summed E-state index contributed by atoms with van der Waals surface area (Å²) in [5, 5.41) is 7.13. The summed E-state index contributed by atoms with van der Waals surface area (Å²) >= 11 is 3.45. The van der Waals surface area contributed by atoms with Crippen molar-refractivity contribution in [2.45, 2.75) is 39.2 Å². The van der Waals surface area contributed by atoms with Gasteiger partial charge in [-0.25, -0.2) is 4.79 Å². The van der Waals surface area contributed by atoms with E-state index in [1.54, 1.807) is 6.20 Å². The minimum Gasteiger partial charge on any atom is -0.444 e. The number of anilines is 2. The number of nitrogen functional groups attached to an aromatic ring is 1. The number of nitrogens with zero attached hydrogens (tertiary/aromatic N) is 1. The molecule has 0 saturated heterocycles. The predicted molar refractivity (Wildman–Crippen MR) is 106 cm³/mol. The molecule has 136 valence electrons. The van der Waals surface area contributed by atoms with Crippen molar-refractivity contribution in [1.82, 2.24) is 10.3 Å². The molecule has 1 heterocycles. The summed E-state index contributed by atoms with van der Waals surface area (Å²) in [6, 6.07) is 5.93. The van der Waals surface area contributed by atoms with Crippen LogP contribution in [0.15, 0.2) is 28.9 Å². The molecule has 2 aromatic rings. The molecule has 0 radical (unpaired) electrons. The van der Waals surface area contributed by atoms with Gasteiger partial charge in [-0.2, -0.15) is 0 Å². The summed E-state index contributed by atoms with van der Waals surface area (Å²) in [6.45, 7) is 6.88. The first-order valence-electron chi connectivity index (χ1n) is 8.31. The van der Waals surface area contributed by atoms with E-state index in [-0.39, 0.29) is 6.09 Å². The van der Waals surface area contributed by atoms with E-state index in [4.69, 9.17) is 10.5 Å². The van der Waals surface area contributed by atoms with Gasteiger partial charge >= 0.3 is 6.09 Å². The summed E-state index contributed by atoms with van der Waals surface area (Å²) in [5.74, 6) is 0. The minimum absolute atomic E-state index is 0.379. The van der Waals surface area contributed by atoms with E-state index in [2.05, 4.69) is 31.5 Å². The highest BCUT2D eigenvalue weighted by Gasteiger charge is 2.15. The topological polar surface area (TPSA) is 89.3 Å². The summed E-state index contributed by atoms with van der Waals surface area (Å²) < 4.78 is 6.18. The number of ether oxygens (including phenoxy) is 1. The number of nitrogens with one attached hydrogen (secondary N) is 2. The van der Waals surface area contributed by atoms with Crippen LogP contribution < -0.4 is 16.4 Å². The largest absolute Gasteiger partial charge is 0.444 e. The smallest absolute Gasteiger partial charge is 0.407 e. The van der Waals surface area contributed by atoms with Crippen molar-refractivity contribution < 1.29 is 9.53 Å². The average molecular weight is 409 g/mol. The lowest BCUT2D eigenvalue weighted by molar-refractivity contribution is 0.0527. The number of rotatable bonds is 6. The van der Waals surface area contributed by atoms with Gasteiger partial charge in [-0.15, -0.1) is 0 Å². The number of pyridine rings is 1. The Balaban J connectivity index is 1.80. The Bertz CT molecular complexity index is 744. The Morgan fingerprint density at radius 1 is 1.28 bits per heavy atom. The van der Waals surface area contributed by atoms with Crippen LogP contribution in [0.25, 0.3) is 10.9 Å². The maximum Gasteiger partial charge on any atom is 0.407 e. The summed E-state index contributed by atoms with van der Waals surface area (Å²) in [4.78, 5) is 15.9. The quantitative estimate of drug-likeness (QED) is 0.620. The molecule has 0 bridgehead atoms. The van der Waals surface area contributed by atoms with Crippen LogP contribution in [0.5, 0.6) is 0 Å². The number of nitrogens with two attached hydrogens (primary N) is 1. The van der Waals surface area contributed by atoms with Gasteiger partial charge in [-0.1, -0.05) is 15.9 Å². The Hall–Kier alpha value is -2.02. The summed E-state index contributed by atoms with van der Waals surface area (Å²) in [5.41, 5.74) is 8.00. The van der Waals surface area contributed by atoms with Gasteiger partial charge in [0.15, 0.2) is 0 Å². The van der Waals surface area contributed by atoms with E-state index in [1.165, 1.54) is 0 Å². The molecular formula is C18H25BrN4O2. The van der Waals surface area contributed by atoms with E-state index in [0.29, 0.717) is 12.2 Å². The lowest BCUT2D eigenvalue weighted by Gasteiger charge is -2.19. The number of benzene rings is 1. The van der Waals surface area contributed by atoms with Crippen molar-refractivity contribution in [3.8, 4) is 0 Å². The van der Waals surface area contributed by atoms with Crippen molar-refractivity contribution >= 4 is 44.3 Å². The van der Waals surface area contributed by atoms with Crippen molar-refractivity contribution in [1.29, 1.82) is 0 Å². The normalized spacial score (nSPS) is 11.4. The number of carbonyl (C=O) groups excluding carboxylic acids is 1. The van der Waals surface area contributed by atoms with E-state index in [1.807, 2.05) is 39.0 Å². The molecular weight excluding hydrogens is 384 g/mol. The fourth-order valence-corrected chi connectivity index (χ4v) is 2.70. The number of aromatic nitrogens is 1. The van der Waals surface area contributed by atoms with E-state index < -0.39 is 5.60 Å². The van der Waals surface area contributed by atoms with Crippen molar-refractivity contribution in [3.05, 3.63) is 28.9 Å². The molecule has 1 aromatic carbocycles. The first-order chi connectivity index (χ1) is 11.8. The first kappa shape index (κ1) is 19.3.